The zero-order valence-electron chi connectivity index (χ0n) is 19.2. The molecule has 0 spiro atoms. The molecule has 0 amide bonds. The first-order valence-electron chi connectivity index (χ1n) is 9.14. The highest BCUT2D eigenvalue weighted by Crippen LogP contribution is 2.52. The molecular weight excluding hydrogens is 401 g/mol. The second-order valence-electron chi connectivity index (χ2n) is 7.80. The standard InChI is InChI=1S/C16H42O6Si4/c1-14(24(11,17-4)18-5)23(10,15(2)25(12,19-6)20-7)16(3)26(13,21-8)22-9/h14-16H,1-13H3. The maximum absolute atomic E-state index is 5.97. The Balaban J connectivity index is 6.53. The van der Waals surface area contributed by atoms with Crippen LogP contribution in [0.1, 0.15) is 20.8 Å². The van der Waals surface area contributed by atoms with Crippen LogP contribution in [0.15, 0.2) is 0 Å². The fourth-order valence-electron chi connectivity index (χ4n) is 4.13. The van der Waals surface area contributed by atoms with Gasteiger partial charge >= 0.3 is 25.7 Å². The zero-order chi connectivity index (χ0) is 21.0. The molecular formula is C16H42O6Si4. The summed E-state index contributed by atoms with van der Waals surface area (Å²) in [5, 5.41) is 0.887. The van der Waals surface area contributed by atoms with Crippen LogP contribution in [0.25, 0.3) is 0 Å². The van der Waals surface area contributed by atoms with Crippen LogP contribution in [0.4, 0.5) is 0 Å². The average Bonchev–Trinajstić information content (AvgIpc) is 2.69. The van der Waals surface area contributed by atoms with E-state index in [0.717, 1.165) is 0 Å². The van der Waals surface area contributed by atoms with Crippen LogP contribution >= 0.6 is 0 Å². The van der Waals surface area contributed by atoms with E-state index < -0.39 is 33.8 Å². The molecule has 0 fully saturated rings. The highest BCUT2D eigenvalue weighted by atomic mass is 28.5. The molecule has 0 aliphatic rings. The van der Waals surface area contributed by atoms with Crippen molar-refractivity contribution in [2.75, 3.05) is 42.7 Å². The average molecular weight is 443 g/mol. The fraction of sp³-hybridized carbons (Fsp3) is 1.00. The molecule has 0 bridgehead atoms. The molecule has 0 heterocycles. The lowest BCUT2D eigenvalue weighted by atomic mass is 10.9. The first-order chi connectivity index (χ1) is 11.8. The zero-order valence-corrected chi connectivity index (χ0v) is 23.2. The summed E-state index contributed by atoms with van der Waals surface area (Å²) in [6.07, 6.45) is 0. The lowest BCUT2D eigenvalue weighted by molar-refractivity contribution is 0.237. The summed E-state index contributed by atoms with van der Waals surface area (Å²) in [5.41, 5.74) is 0. The summed E-state index contributed by atoms with van der Waals surface area (Å²) in [4.78, 5) is 0. The highest BCUT2D eigenvalue weighted by Gasteiger charge is 2.63. The molecule has 0 aromatic carbocycles. The molecule has 0 rings (SSSR count). The Kier molecular flexibility index (Phi) is 10.1. The summed E-state index contributed by atoms with van der Waals surface area (Å²) in [5.74, 6) is 0. The fourth-order valence-corrected chi connectivity index (χ4v) is 30.7. The minimum Gasteiger partial charge on any atom is -0.398 e. The molecule has 0 aromatic heterocycles. The maximum atomic E-state index is 5.97. The van der Waals surface area contributed by atoms with Gasteiger partial charge in [0.2, 0.25) is 0 Å². The van der Waals surface area contributed by atoms with Crippen molar-refractivity contribution in [1.82, 2.24) is 0 Å². The van der Waals surface area contributed by atoms with Gasteiger partial charge in [0, 0.05) is 42.7 Å². The van der Waals surface area contributed by atoms with Crippen molar-refractivity contribution in [2.45, 2.75) is 62.5 Å². The van der Waals surface area contributed by atoms with Gasteiger partial charge < -0.3 is 26.6 Å². The first kappa shape index (κ1) is 26.6. The van der Waals surface area contributed by atoms with Gasteiger partial charge in [0.25, 0.3) is 0 Å². The van der Waals surface area contributed by atoms with Crippen molar-refractivity contribution in [3.05, 3.63) is 0 Å². The van der Waals surface area contributed by atoms with E-state index in [2.05, 4.69) is 47.0 Å². The van der Waals surface area contributed by atoms with Gasteiger partial charge in [-0.1, -0.05) is 27.3 Å². The molecule has 0 aromatic rings. The Labute approximate surface area is 165 Å². The lowest BCUT2D eigenvalue weighted by Crippen LogP contribution is -2.66. The molecule has 0 N–H and O–H groups in total. The maximum Gasteiger partial charge on any atom is 0.334 e. The molecule has 10 heteroatoms. The van der Waals surface area contributed by atoms with E-state index >= 15 is 0 Å². The first-order valence-corrected chi connectivity index (χ1v) is 19.1. The van der Waals surface area contributed by atoms with Gasteiger partial charge in [-0.2, -0.15) is 0 Å². The molecule has 6 nitrogen and oxygen atoms in total. The third-order valence-electron chi connectivity index (χ3n) is 7.59. The van der Waals surface area contributed by atoms with Crippen LogP contribution < -0.4 is 0 Å². The van der Waals surface area contributed by atoms with Gasteiger partial charge in [-0.15, -0.1) is 0 Å². The lowest BCUT2D eigenvalue weighted by Gasteiger charge is -2.53. The SMILES string of the molecule is CO[Si](C)(OC)C(C)[Si](C)(C(C)[Si](C)(OC)OC)C(C)[Si](C)(OC)OC. The minimum absolute atomic E-state index is 0.296. The van der Waals surface area contributed by atoms with Crippen LogP contribution in [0.2, 0.25) is 41.7 Å². The van der Waals surface area contributed by atoms with E-state index in [4.69, 9.17) is 26.6 Å². The van der Waals surface area contributed by atoms with E-state index in [1.54, 1.807) is 42.7 Å². The van der Waals surface area contributed by atoms with E-state index in [9.17, 15) is 0 Å². The van der Waals surface area contributed by atoms with Gasteiger partial charge in [0.15, 0.2) is 0 Å². The van der Waals surface area contributed by atoms with Crippen molar-refractivity contribution in [2.24, 2.45) is 0 Å². The smallest absolute Gasteiger partial charge is 0.334 e. The Morgan fingerprint density at radius 1 is 0.423 bits per heavy atom. The highest BCUT2D eigenvalue weighted by molar-refractivity contribution is 7.07. The van der Waals surface area contributed by atoms with Crippen molar-refractivity contribution in [3.8, 4) is 0 Å². The van der Waals surface area contributed by atoms with E-state index in [1.165, 1.54) is 0 Å². The minimum atomic E-state index is -2.39. The summed E-state index contributed by atoms with van der Waals surface area (Å²) in [7, 11) is 1.29. The molecule has 3 atom stereocenters. The molecule has 0 aliphatic carbocycles. The molecule has 0 aliphatic heterocycles. The van der Waals surface area contributed by atoms with Crippen molar-refractivity contribution in [3.63, 3.8) is 0 Å². The summed E-state index contributed by atoms with van der Waals surface area (Å²) in [6.45, 7) is 15.8. The van der Waals surface area contributed by atoms with Crippen LogP contribution in [0, 0.1) is 0 Å². The summed E-state index contributed by atoms with van der Waals surface area (Å²) < 4.78 is 35.8. The second-order valence-corrected chi connectivity index (χ2v) is 26.0. The monoisotopic (exact) mass is 442 g/mol. The van der Waals surface area contributed by atoms with E-state index in [1.807, 2.05) is 0 Å². The number of hydrogen-bond acceptors (Lipinski definition) is 6. The van der Waals surface area contributed by atoms with Crippen molar-refractivity contribution in [1.29, 1.82) is 0 Å². The largest absolute Gasteiger partial charge is 0.398 e. The van der Waals surface area contributed by atoms with Gasteiger partial charge in [-0.3, -0.25) is 0 Å². The van der Waals surface area contributed by atoms with Gasteiger partial charge in [-0.05, 0) is 35.1 Å². The Hall–Kier alpha value is 0.628. The van der Waals surface area contributed by atoms with Crippen molar-refractivity contribution < 1.29 is 26.6 Å². The Bertz CT molecular complexity index is 367. The summed E-state index contributed by atoms with van der Waals surface area (Å²) >= 11 is 0. The van der Waals surface area contributed by atoms with Crippen LogP contribution in [-0.4, -0.2) is 76.4 Å². The Morgan fingerprint density at radius 2 is 0.577 bits per heavy atom. The van der Waals surface area contributed by atoms with Gasteiger partial charge in [0.05, 0.1) is 8.07 Å². The van der Waals surface area contributed by atoms with Crippen molar-refractivity contribution >= 4 is 33.8 Å². The quantitative estimate of drug-likeness (QED) is 0.427. The number of hydrogen-bond donors (Lipinski definition) is 0. The Morgan fingerprint density at radius 3 is 0.692 bits per heavy atom. The third kappa shape index (κ3) is 4.61. The van der Waals surface area contributed by atoms with Gasteiger partial charge in [-0.25, -0.2) is 0 Å². The van der Waals surface area contributed by atoms with Crippen LogP contribution in [0.3, 0.4) is 0 Å². The van der Waals surface area contributed by atoms with E-state index in [0.29, 0.717) is 15.5 Å². The van der Waals surface area contributed by atoms with Crippen LogP contribution in [-0.2, 0) is 26.6 Å². The second kappa shape index (κ2) is 9.90. The predicted molar refractivity (Wildman–Crippen MR) is 117 cm³/mol. The predicted octanol–water partition coefficient (Wildman–Crippen LogP) is 3.95. The molecule has 3 unspecified atom stereocenters. The van der Waals surface area contributed by atoms with E-state index in [-0.39, 0.29) is 0 Å². The molecule has 158 valence electrons. The molecule has 0 radical (unpaired) electrons. The normalized spacial score (nSPS) is 19.7. The molecule has 0 saturated heterocycles. The van der Waals surface area contributed by atoms with Crippen LogP contribution in [0.5, 0.6) is 0 Å². The molecule has 26 heavy (non-hydrogen) atoms. The van der Waals surface area contributed by atoms with Gasteiger partial charge in [0.1, 0.15) is 0 Å². The summed E-state index contributed by atoms with van der Waals surface area (Å²) in [6, 6.07) is 0. The third-order valence-corrected chi connectivity index (χ3v) is 33.1. The topological polar surface area (TPSA) is 55.4 Å². The number of rotatable bonds is 12. The molecule has 0 saturated carbocycles.